The molecule has 0 radical (unpaired) electrons. The first-order chi connectivity index (χ1) is 9.35. The molecule has 0 spiro atoms. The first-order valence-electron chi connectivity index (χ1n) is 7.59. The maximum atomic E-state index is 14.7. The van der Waals surface area contributed by atoms with E-state index in [1.807, 2.05) is 13.8 Å². The fourth-order valence-electron chi connectivity index (χ4n) is 2.15. The van der Waals surface area contributed by atoms with E-state index in [2.05, 4.69) is 4.74 Å². The van der Waals surface area contributed by atoms with Crippen LogP contribution in [-0.4, -0.2) is 24.2 Å². The molecule has 2 nitrogen and oxygen atoms in total. The van der Waals surface area contributed by atoms with Gasteiger partial charge in [0.05, 0.1) is 6.61 Å². The van der Waals surface area contributed by atoms with E-state index >= 15 is 0 Å². The Hall–Kier alpha value is -0.740. The predicted molar refractivity (Wildman–Crippen MR) is 73.7 cm³/mol. The number of alkyl halides is 3. The number of carbonyl (C=O) groups is 1. The van der Waals surface area contributed by atoms with E-state index in [9.17, 15) is 18.0 Å². The highest BCUT2D eigenvalue weighted by Gasteiger charge is 2.60. The van der Waals surface area contributed by atoms with Crippen LogP contribution in [0.15, 0.2) is 0 Å². The molecule has 0 aromatic rings. The highest BCUT2D eigenvalue weighted by atomic mass is 19.3. The molecular formula is C15H27F3O2. The van der Waals surface area contributed by atoms with Crippen molar-refractivity contribution in [1.82, 2.24) is 0 Å². The Morgan fingerprint density at radius 3 is 1.70 bits per heavy atom. The van der Waals surface area contributed by atoms with Crippen molar-refractivity contribution < 1.29 is 22.7 Å². The van der Waals surface area contributed by atoms with Gasteiger partial charge in [0.1, 0.15) is 0 Å². The van der Waals surface area contributed by atoms with Crippen molar-refractivity contribution >= 4 is 5.97 Å². The fraction of sp³-hybridized carbons (Fsp3) is 0.933. The minimum absolute atomic E-state index is 0.172. The molecule has 0 aliphatic rings. The van der Waals surface area contributed by atoms with Gasteiger partial charge in [-0.15, -0.1) is 0 Å². The van der Waals surface area contributed by atoms with Gasteiger partial charge in [0.2, 0.25) is 0 Å². The summed E-state index contributed by atoms with van der Waals surface area (Å²) in [4.78, 5) is 11.4. The number of esters is 1. The van der Waals surface area contributed by atoms with Gasteiger partial charge in [0.25, 0.3) is 0 Å². The van der Waals surface area contributed by atoms with E-state index in [1.54, 1.807) is 0 Å². The van der Waals surface area contributed by atoms with E-state index in [4.69, 9.17) is 0 Å². The number of rotatable bonds is 11. The fourth-order valence-corrected chi connectivity index (χ4v) is 2.15. The standard InChI is InChI=1S/C15H27F3O2/c1-4-7-9-11-14(16,12-10-8-5-2)15(17,18)13(19)20-6-3/h4-12H2,1-3H3. The molecule has 0 bridgehead atoms. The largest absolute Gasteiger partial charge is 0.461 e. The quantitative estimate of drug-likeness (QED) is 0.394. The minimum atomic E-state index is -4.06. The van der Waals surface area contributed by atoms with Gasteiger partial charge < -0.3 is 4.74 Å². The maximum absolute atomic E-state index is 14.7. The zero-order valence-corrected chi connectivity index (χ0v) is 12.8. The van der Waals surface area contributed by atoms with Gasteiger partial charge in [-0.2, -0.15) is 8.78 Å². The molecule has 0 fully saturated rings. The van der Waals surface area contributed by atoms with Crippen molar-refractivity contribution in [3.63, 3.8) is 0 Å². The van der Waals surface area contributed by atoms with Crippen LogP contribution < -0.4 is 0 Å². The maximum Gasteiger partial charge on any atom is 0.380 e. The molecule has 5 heteroatoms. The topological polar surface area (TPSA) is 26.3 Å². The molecule has 0 saturated carbocycles. The third-order valence-corrected chi connectivity index (χ3v) is 3.45. The summed E-state index contributed by atoms with van der Waals surface area (Å²) >= 11 is 0. The van der Waals surface area contributed by atoms with Gasteiger partial charge in [-0.25, -0.2) is 9.18 Å². The van der Waals surface area contributed by atoms with E-state index in [-0.39, 0.29) is 19.4 Å². The zero-order chi connectivity index (χ0) is 15.6. The molecule has 0 atom stereocenters. The molecule has 0 unspecified atom stereocenters. The molecule has 0 heterocycles. The first-order valence-corrected chi connectivity index (χ1v) is 7.59. The molecule has 0 rings (SSSR count). The van der Waals surface area contributed by atoms with E-state index in [0.29, 0.717) is 25.7 Å². The highest BCUT2D eigenvalue weighted by Crippen LogP contribution is 2.42. The third-order valence-electron chi connectivity index (χ3n) is 3.45. The number of hydrogen-bond acceptors (Lipinski definition) is 2. The second kappa shape index (κ2) is 9.24. The van der Waals surface area contributed by atoms with Gasteiger partial charge in [-0.3, -0.25) is 0 Å². The molecular weight excluding hydrogens is 269 g/mol. The summed E-state index contributed by atoms with van der Waals surface area (Å²) in [6, 6.07) is 0. The number of carbonyl (C=O) groups excluding carboxylic acids is 1. The highest BCUT2D eigenvalue weighted by molar-refractivity contribution is 5.79. The Labute approximate surface area is 120 Å². The van der Waals surface area contributed by atoms with Gasteiger partial charge in [0.15, 0.2) is 5.67 Å². The Bertz CT molecular complexity index is 270. The summed E-state index contributed by atoms with van der Waals surface area (Å²) in [5.74, 6) is -5.81. The molecule has 20 heavy (non-hydrogen) atoms. The van der Waals surface area contributed by atoms with Gasteiger partial charge in [0, 0.05) is 0 Å². The molecule has 0 N–H and O–H groups in total. The van der Waals surface area contributed by atoms with Crippen molar-refractivity contribution in [3.8, 4) is 0 Å². The number of unbranched alkanes of at least 4 members (excludes halogenated alkanes) is 4. The number of ether oxygens (including phenoxy) is 1. The van der Waals surface area contributed by atoms with Crippen LogP contribution in [0.1, 0.15) is 72.1 Å². The zero-order valence-electron chi connectivity index (χ0n) is 12.8. The monoisotopic (exact) mass is 296 g/mol. The summed E-state index contributed by atoms with van der Waals surface area (Å²) in [5.41, 5.74) is -2.79. The molecule has 0 aromatic heterocycles. The Morgan fingerprint density at radius 2 is 1.35 bits per heavy atom. The SMILES string of the molecule is CCCCCC(F)(CCCCC)C(F)(F)C(=O)OCC. The lowest BCUT2D eigenvalue weighted by molar-refractivity contribution is -0.200. The van der Waals surface area contributed by atoms with Crippen LogP contribution in [0.4, 0.5) is 13.2 Å². The summed E-state index contributed by atoms with van der Waals surface area (Å²) in [7, 11) is 0. The number of hydrogen-bond donors (Lipinski definition) is 0. The van der Waals surface area contributed by atoms with Crippen LogP contribution in [0.2, 0.25) is 0 Å². The van der Waals surface area contributed by atoms with Crippen LogP contribution in [0.3, 0.4) is 0 Å². The summed E-state index contributed by atoms with van der Waals surface area (Å²) in [5, 5.41) is 0. The minimum Gasteiger partial charge on any atom is -0.461 e. The van der Waals surface area contributed by atoms with E-state index in [1.165, 1.54) is 6.92 Å². The number of halogens is 3. The molecule has 0 amide bonds. The van der Waals surface area contributed by atoms with Gasteiger partial charge in [-0.05, 0) is 19.8 Å². The first kappa shape index (κ1) is 19.3. The predicted octanol–water partition coefficient (Wildman–Crippen LogP) is 5.05. The molecule has 120 valence electrons. The van der Waals surface area contributed by atoms with Gasteiger partial charge in [-0.1, -0.05) is 52.4 Å². The summed E-state index contributed by atoms with van der Waals surface area (Å²) in [6.45, 7) is 5.09. The van der Waals surface area contributed by atoms with Crippen molar-refractivity contribution in [2.24, 2.45) is 0 Å². The van der Waals surface area contributed by atoms with E-state index < -0.39 is 17.6 Å². The Kier molecular flexibility index (Phi) is 8.90. The van der Waals surface area contributed by atoms with Crippen LogP contribution in [-0.2, 0) is 9.53 Å². The van der Waals surface area contributed by atoms with Crippen molar-refractivity contribution in [3.05, 3.63) is 0 Å². The smallest absolute Gasteiger partial charge is 0.380 e. The lowest BCUT2D eigenvalue weighted by Crippen LogP contribution is -2.51. The molecule has 0 saturated heterocycles. The lowest BCUT2D eigenvalue weighted by atomic mass is 9.86. The second-order valence-corrected chi connectivity index (χ2v) is 5.17. The van der Waals surface area contributed by atoms with Crippen LogP contribution in [0.5, 0.6) is 0 Å². The van der Waals surface area contributed by atoms with Crippen molar-refractivity contribution in [1.29, 1.82) is 0 Å². The van der Waals surface area contributed by atoms with E-state index in [0.717, 1.165) is 12.8 Å². The molecule has 0 aromatic carbocycles. The van der Waals surface area contributed by atoms with Crippen LogP contribution in [0.25, 0.3) is 0 Å². The second-order valence-electron chi connectivity index (χ2n) is 5.17. The Morgan fingerprint density at radius 1 is 0.900 bits per heavy atom. The normalized spacial score (nSPS) is 12.5. The summed E-state index contributed by atoms with van der Waals surface area (Å²) < 4.78 is 47.2. The Balaban J connectivity index is 4.90. The van der Waals surface area contributed by atoms with Crippen LogP contribution >= 0.6 is 0 Å². The average Bonchev–Trinajstić information content (AvgIpc) is 2.39. The third kappa shape index (κ3) is 5.33. The molecule has 0 aliphatic carbocycles. The lowest BCUT2D eigenvalue weighted by Gasteiger charge is -2.32. The van der Waals surface area contributed by atoms with Crippen molar-refractivity contribution in [2.75, 3.05) is 6.61 Å². The summed E-state index contributed by atoms with van der Waals surface area (Å²) in [6.07, 6.45) is 3.11. The molecule has 0 aliphatic heterocycles. The van der Waals surface area contributed by atoms with Gasteiger partial charge >= 0.3 is 11.9 Å². The van der Waals surface area contributed by atoms with Crippen molar-refractivity contribution in [2.45, 2.75) is 83.7 Å². The van der Waals surface area contributed by atoms with Crippen LogP contribution in [0, 0.1) is 0 Å². The average molecular weight is 296 g/mol.